The van der Waals surface area contributed by atoms with Gasteiger partial charge in [-0.05, 0) is 36.4 Å². The Labute approximate surface area is 141 Å². The molecule has 130 valence electrons. The first-order valence-corrected chi connectivity index (χ1v) is 6.99. The molecule has 0 saturated heterocycles. The highest BCUT2D eigenvalue weighted by atomic mass is 16.6. The second-order valence-corrected chi connectivity index (χ2v) is 4.81. The van der Waals surface area contributed by atoms with Gasteiger partial charge in [0.05, 0.1) is 17.6 Å². The summed E-state index contributed by atoms with van der Waals surface area (Å²) in [4.78, 5) is 33.0. The van der Waals surface area contributed by atoms with Gasteiger partial charge in [-0.15, -0.1) is 0 Å². The number of nitrogens with one attached hydrogen (secondary N) is 1. The van der Waals surface area contributed by atoms with Crippen LogP contribution in [0.4, 0.5) is 11.4 Å². The SMILES string of the molecule is COc1ccc(NC(=O)COc2ccc(C(=O)O)cc2[N+](=O)[O-])cc1. The quantitative estimate of drug-likeness (QED) is 0.581. The average molecular weight is 346 g/mol. The molecule has 2 aromatic rings. The van der Waals surface area contributed by atoms with Crippen molar-refractivity contribution >= 4 is 23.3 Å². The number of carbonyl (C=O) groups is 2. The summed E-state index contributed by atoms with van der Waals surface area (Å²) in [5.74, 6) is -1.39. The molecule has 2 N–H and O–H groups in total. The molecule has 0 heterocycles. The molecule has 0 radical (unpaired) electrons. The molecule has 2 aromatic carbocycles. The van der Waals surface area contributed by atoms with Gasteiger partial charge in [-0.1, -0.05) is 0 Å². The zero-order valence-electron chi connectivity index (χ0n) is 13.1. The van der Waals surface area contributed by atoms with Crippen molar-refractivity contribution in [1.82, 2.24) is 0 Å². The first-order valence-electron chi connectivity index (χ1n) is 6.99. The molecule has 0 bridgehead atoms. The highest BCUT2D eigenvalue weighted by Crippen LogP contribution is 2.28. The smallest absolute Gasteiger partial charge is 0.335 e. The molecule has 0 aliphatic heterocycles. The van der Waals surface area contributed by atoms with Gasteiger partial charge < -0.3 is 19.9 Å². The molecule has 0 aliphatic carbocycles. The molecule has 9 nitrogen and oxygen atoms in total. The number of amides is 1. The number of ether oxygens (including phenoxy) is 2. The highest BCUT2D eigenvalue weighted by molar-refractivity contribution is 5.92. The second-order valence-electron chi connectivity index (χ2n) is 4.81. The Balaban J connectivity index is 2.03. The van der Waals surface area contributed by atoms with Crippen LogP contribution in [0.1, 0.15) is 10.4 Å². The van der Waals surface area contributed by atoms with Crippen molar-refractivity contribution in [3.05, 3.63) is 58.1 Å². The highest BCUT2D eigenvalue weighted by Gasteiger charge is 2.19. The van der Waals surface area contributed by atoms with Gasteiger partial charge in [0.25, 0.3) is 5.91 Å². The Bertz CT molecular complexity index is 803. The van der Waals surface area contributed by atoms with Crippen molar-refractivity contribution in [2.24, 2.45) is 0 Å². The van der Waals surface area contributed by atoms with Crippen molar-refractivity contribution in [3.63, 3.8) is 0 Å². The number of nitrogens with zero attached hydrogens (tertiary/aromatic N) is 1. The minimum Gasteiger partial charge on any atom is -0.497 e. The number of nitro groups is 1. The maximum Gasteiger partial charge on any atom is 0.335 e. The van der Waals surface area contributed by atoms with E-state index in [-0.39, 0.29) is 11.3 Å². The minimum absolute atomic E-state index is 0.195. The van der Waals surface area contributed by atoms with Crippen LogP contribution in [0.2, 0.25) is 0 Å². The van der Waals surface area contributed by atoms with Crippen LogP contribution in [0.3, 0.4) is 0 Å². The van der Waals surface area contributed by atoms with Crippen LogP contribution in [-0.2, 0) is 4.79 Å². The average Bonchev–Trinajstić information content (AvgIpc) is 2.60. The Morgan fingerprint density at radius 3 is 2.44 bits per heavy atom. The van der Waals surface area contributed by atoms with E-state index in [0.717, 1.165) is 18.2 Å². The lowest BCUT2D eigenvalue weighted by atomic mass is 10.2. The molecule has 2 rings (SSSR count). The molecule has 0 spiro atoms. The Morgan fingerprint density at radius 2 is 1.88 bits per heavy atom. The van der Waals surface area contributed by atoms with Crippen molar-refractivity contribution in [1.29, 1.82) is 0 Å². The lowest BCUT2D eigenvalue weighted by Gasteiger charge is -2.09. The minimum atomic E-state index is -1.30. The van der Waals surface area contributed by atoms with E-state index >= 15 is 0 Å². The van der Waals surface area contributed by atoms with E-state index in [1.165, 1.54) is 7.11 Å². The van der Waals surface area contributed by atoms with Crippen molar-refractivity contribution in [3.8, 4) is 11.5 Å². The van der Waals surface area contributed by atoms with E-state index in [2.05, 4.69) is 5.32 Å². The van der Waals surface area contributed by atoms with E-state index in [0.29, 0.717) is 11.4 Å². The van der Waals surface area contributed by atoms with Crippen LogP contribution in [-0.4, -0.2) is 35.6 Å². The zero-order valence-corrected chi connectivity index (χ0v) is 13.1. The maximum atomic E-state index is 11.9. The summed E-state index contributed by atoms with van der Waals surface area (Å²) in [5, 5.41) is 22.4. The molecule has 0 atom stereocenters. The van der Waals surface area contributed by atoms with Crippen LogP contribution in [0.5, 0.6) is 11.5 Å². The molecule has 1 amide bonds. The van der Waals surface area contributed by atoms with Crippen LogP contribution in [0.15, 0.2) is 42.5 Å². The van der Waals surface area contributed by atoms with Gasteiger partial charge >= 0.3 is 11.7 Å². The van der Waals surface area contributed by atoms with Crippen molar-refractivity contribution in [2.45, 2.75) is 0 Å². The van der Waals surface area contributed by atoms with Crippen LogP contribution >= 0.6 is 0 Å². The molecule has 9 heteroatoms. The van der Waals surface area contributed by atoms with E-state index in [1.54, 1.807) is 24.3 Å². The van der Waals surface area contributed by atoms with E-state index < -0.39 is 29.1 Å². The molecule has 0 unspecified atom stereocenters. The lowest BCUT2D eigenvalue weighted by molar-refractivity contribution is -0.385. The van der Waals surface area contributed by atoms with Gasteiger partial charge in [-0.2, -0.15) is 0 Å². The van der Waals surface area contributed by atoms with E-state index in [1.807, 2.05) is 0 Å². The molecule has 0 fully saturated rings. The number of nitro benzene ring substituents is 1. The van der Waals surface area contributed by atoms with Crippen molar-refractivity contribution < 1.29 is 29.1 Å². The summed E-state index contributed by atoms with van der Waals surface area (Å²) in [6.07, 6.45) is 0. The maximum absolute atomic E-state index is 11.9. The fourth-order valence-electron chi connectivity index (χ4n) is 1.93. The number of rotatable bonds is 7. The number of hydrogen-bond acceptors (Lipinski definition) is 6. The standard InChI is InChI=1S/C16H14N2O7/c1-24-12-5-3-11(4-6-12)17-15(19)9-25-14-7-2-10(16(20)21)8-13(14)18(22)23/h2-8H,9H2,1H3,(H,17,19)(H,20,21). The number of methoxy groups -OCH3 is 1. The molecule has 0 aliphatic rings. The summed E-state index contributed by atoms with van der Waals surface area (Å²) >= 11 is 0. The van der Waals surface area contributed by atoms with Crippen LogP contribution in [0.25, 0.3) is 0 Å². The fraction of sp³-hybridized carbons (Fsp3) is 0.125. The lowest BCUT2D eigenvalue weighted by Crippen LogP contribution is -2.20. The number of hydrogen-bond donors (Lipinski definition) is 2. The molecule has 0 aromatic heterocycles. The molecular formula is C16H14N2O7. The van der Waals surface area contributed by atoms with Gasteiger partial charge in [0.2, 0.25) is 0 Å². The monoisotopic (exact) mass is 346 g/mol. The number of anilines is 1. The van der Waals surface area contributed by atoms with Crippen LogP contribution in [0, 0.1) is 10.1 Å². The Kier molecular flexibility index (Phi) is 5.51. The van der Waals surface area contributed by atoms with E-state index in [9.17, 15) is 19.7 Å². The summed E-state index contributed by atoms with van der Waals surface area (Å²) in [6, 6.07) is 9.74. The van der Waals surface area contributed by atoms with Gasteiger partial charge in [-0.25, -0.2) is 4.79 Å². The molecule has 25 heavy (non-hydrogen) atoms. The van der Waals surface area contributed by atoms with Gasteiger partial charge in [0.1, 0.15) is 5.75 Å². The first kappa shape index (κ1) is 17.7. The largest absolute Gasteiger partial charge is 0.497 e. The summed E-state index contributed by atoms with van der Waals surface area (Å²) in [5.41, 5.74) is -0.274. The Hall–Kier alpha value is -3.62. The number of benzene rings is 2. The number of carboxylic acids is 1. The van der Waals surface area contributed by atoms with Gasteiger partial charge in [-0.3, -0.25) is 14.9 Å². The normalized spacial score (nSPS) is 9.96. The summed E-state index contributed by atoms with van der Waals surface area (Å²) in [7, 11) is 1.52. The topological polar surface area (TPSA) is 128 Å². The third-order valence-corrected chi connectivity index (χ3v) is 3.14. The fourth-order valence-corrected chi connectivity index (χ4v) is 1.93. The predicted molar refractivity (Wildman–Crippen MR) is 87.2 cm³/mol. The van der Waals surface area contributed by atoms with E-state index in [4.69, 9.17) is 14.6 Å². The Morgan fingerprint density at radius 1 is 1.20 bits per heavy atom. The first-order chi connectivity index (χ1) is 11.9. The van der Waals surface area contributed by atoms with Crippen LogP contribution < -0.4 is 14.8 Å². The third-order valence-electron chi connectivity index (χ3n) is 3.14. The van der Waals surface area contributed by atoms with Gasteiger partial charge in [0, 0.05) is 11.8 Å². The number of carboxylic acid groups (broad SMARTS) is 1. The number of carbonyl (C=O) groups excluding carboxylic acids is 1. The second kappa shape index (κ2) is 7.77. The predicted octanol–water partition coefficient (Wildman–Crippen LogP) is 2.32. The molecular weight excluding hydrogens is 332 g/mol. The summed E-state index contributed by atoms with van der Waals surface area (Å²) < 4.78 is 10.1. The number of aromatic carboxylic acids is 1. The summed E-state index contributed by atoms with van der Waals surface area (Å²) in [6.45, 7) is -0.473. The zero-order chi connectivity index (χ0) is 18.4. The van der Waals surface area contributed by atoms with Gasteiger partial charge in [0.15, 0.2) is 12.4 Å². The van der Waals surface area contributed by atoms with Crippen molar-refractivity contribution in [2.75, 3.05) is 19.0 Å². The third kappa shape index (κ3) is 4.67. The molecule has 0 saturated carbocycles.